The van der Waals surface area contributed by atoms with Crippen LogP contribution in [-0.4, -0.2) is 16.1 Å². The van der Waals surface area contributed by atoms with E-state index in [0.29, 0.717) is 22.0 Å². The summed E-state index contributed by atoms with van der Waals surface area (Å²) in [5, 5.41) is 9.95. The largest absolute Gasteiger partial charge is 0.477 e. The molecule has 1 N–H and O–H groups in total. The maximum Gasteiger partial charge on any atom is 0.347 e. The van der Waals surface area contributed by atoms with E-state index in [9.17, 15) is 9.90 Å². The average Bonchev–Trinajstić information content (AvgIpc) is 3.02. The molecule has 0 aliphatic rings. The zero-order chi connectivity index (χ0) is 17.1. The summed E-state index contributed by atoms with van der Waals surface area (Å²) in [7, 11) is 0. The first kappa shape index (κ1) is 16.2. The molecule has 24 heavy (non-hydrogen) atoms. The predicted octanol–water partition coefficient (Wildman–Crippen LogP) is 5.17. The summed E-state index contributed by atoms with van der Waals surface area (Å²) in [5.41, 5.74) is 2.70. The Bertz CT molecular complexity index is 851. The van der Waals surface area contributed by atoms with Crippen molar-refractivity contribution in [1.29, 1.82) is 0 Å². The number of carbonyl (C=O) groups is 1. The van der Waals surface area contributed by atoms with Crippen molar-refractivity contribution in [2.45, 2.75) is 20.3 Å². The number of benzene rings is 2. The fourth-order valence-electron chi connectivity index (χ4n) is 2.29. The minimum atomic E-state index is -0.921. The van der Waals surface area contributed by atoms with Crippen molar-refractivity contribution in [3.05, 3.63) is 64.7 Å². The molecule has 0 amide bonds. The third-order valence-electron chi connectivity index (χ3n) is 3.58. The molecule has 0 saturated carbocycles. The number of carboxylic acid groups (broad SMARTS) is 1. The van der Waals surface area contributed by atoms with E-state index < -0.39 is 5.97 Å². The Kier molecular flexibility index (Phi) is 4.62. The van der Waals surface area contributed by atoms with E-state index in [4.69, 9.17) is 4.74 Å². The highest BCUT2D eigenvalue weighted by atomic mass is 32.1. The second-order valence-electron chi connectivity index (χ2n) is 5.39. The van der Waals surface area contributed by atoms with Crippen LogP contribution in [0.4, 0.5) is 0 Å². The fourth-order valence-corrected chi connectivity index (χ4v) is 3.29. The fraction of sp³-hybridized carbons (Fsp3) is 0.158. The lowest BCUT2D eigenvalue weighted by molar-refractivity contribution is 0.0701. The van der Waals surface area contributed by atoms with Crippen LogP contribution in [0.3, 0.4) is 0 Å². The third-order valence-corrected chi connectivity index (χ3v) is 4.72. The van der Waals surface area contributed by atoms with Gasteiger partial charge in [0, 0.05) is 5.56 Å². The van der Waals surface area contributed by atoms with Crippen LogP contribution < -0.4 is 4.74 Å². The Hall–Kier alpha value is -2.66. The molecule has 0 fully saturated rings. The molecule has 3 rings (SSSR count). The van der Waals surface area contributed by atoms with Crippen LogP contribution in [0.15, 0.2) is 48.5 Å². The van der Waals surface area contributed by atoms with Crippen LogP contribution in [0.5, 0.6) is 11.5 Å². The van der Waals surface area contributed by atoms with Gasteiger partial charge in [-0.1, -0.05) is 24.6 Å². The van der Waals surface area contributed by atoms with E-state index in [1.54, 1.807) is 0 Å². The van der Waals surface area contributed by atoms with Gasteiger partial charge in [0.15, 0.2) is 0 Å². The Morgan fingerprint density at radius 3 is 2.17 bits per heavy atom. The number of thiazole rings is 1. The number of aromatic nitrogens is 1. The zero-order valence-electron chi connectivity index (χ0n) is 13.4. The lowest BCUT2D eigenvalue weighted by atomic mass is 10.2. The summed E-state index contributed by atoms with van der Waals surface area (Å²) in [6, 6.07) is 15.4. The number of rotatable bonds is 5. The van der Waals surface area contributed by atoms with Crippen LogP contribution >= 0.6 is 11.3 Å². The van der Waals surface area contributed by atoms with Gasteiger partial charge in [0.25, 0.3) is 0 Å². The highest BCUT2D eigenvalue weighted by Gasteiger charge is 2.16. The first-order chi connectivity index (χ1) is 11.6. The molecule has 5 heteroatoms. The maximum absolute atomic E-state index is 11.3. The Morgan fingerprint density at radius 2 is 1.67 bits per heavy atom. The topological polar surface area (TPSA) is 59.4 Å². The monoisotopic (exact) mass is 339 g/mol. The summed E-state index contributed by atoms with van der Waals surface area (Å²) in [4.78, 5) is 16.0. The molecular formula is C19H17NO3S. The molecule has 122 valence electrons. The average molecular weight is 339 g/mol. The van der Waals surface area contributed by atoms with Crippen LogP contribution in [0.2, 0.25) is 0 Å². The number of carboxylic acids is 1. The van der Waals surface area contributed by atoms with Crippen molar-refractivity contribution in [3.8, 4) is 22.1 Å². The van der Waals surface area contributed by atoms with Crippen LogP contribution in [0.1, 0.15) is 27.9 Å². The molecule has 0 radical (unpaired) electrons. The molecule has 3 aromatic rings. The lowest BCUT2D eigenvalue weighted by Gasteiger charge is -2.06. The van der Waals surface area contributed by atoms with Crippen molar-refractivity contribution in [1.82, 2.24) is 4.98 Å². The molecule has 1 aromatic heterocycles. The molecule has 4 nitrogen and oxygen atoms in total. The predicted molar refractivity (Wildman–Crippen MR) is 95.1 cm³/mol. The normalized spacial score (nSPS) is 10.6. The molecule has 0 spiro atoms. The van der Waals surface area contributed by atoms with E-state index in [-0.39, 0.29) is 0 Å². The molecule has 0 atom stereocenters. The zero-order valence-corrected chi connectivity index (χ0v) is 14.3. The Balaban J connectivity index is 1.81. The van der Waals surface area contributed by atoms with Gasteiger partial charge < -0.3 is 9.84 Å². The van der Waals surface area contributed by atoms with Gasteiger partial charge in [-0.25, -0.2) is 9.78 Å². The summed E-state index contributed by atoms with van der Waals surface area (Å²) in [6.07, 6.45) is 0.604. The van der Waals surface area contributed by atoms with Crippen molar-refractivity contribution >= 4 is 17.3 Å². The molecule has 0 bridgehead atoms. The number of hydrogen-bond acceptors (Lipinski definition) is 4. The van der Waals surface area contributed by atoms with E-state index in [1.807, 2.05) is 62.4 Å². The first-order valence-electron chi connectivity index (χ1n) is 7.64. The molecule has 0 saturated heterocycles. The molecular weight excluding hydrogens is 322 g/mol. The molecule has 1 heterocycles. The van der Waals surface area contributed by atoms with Gasteiger partial charge in [-0.05, 0) is 49.7 Å². The van der Waals surface area contributed by atoms with Crippen LogP contribution in [0.25, 0.3) is 10.6 Å². The highest BCUT2D eigenvalue weighted by Crippen LogP contribution is 2.31. The number of ether oxygens (including phenoxy) is 1. The highest BCUT2D eigenvalue weighted by molar-refractivity contribution is 7.17. The molecule has 0 aliphatic heterocycles. The van der Waals surface area contributed by atoms with Gasteiger partial charge in [-0.15, -0.1) is 11.3 Å². The number of aromatic carboxylic acids is 1. The van der Waals surface area contributed by atoms with Crippen molar-refractivity contribution in [2.75, 3.05) is 0 Å². The van der Waals surface area contributed by atoms with Gasteiger partial charge >= 0.3 is 5.97 Å². The quantitative estimate of drug-likeness (QED) is 0.696. The Morgan fingerprint density at radius 1 is 1.08 bits per heavy atom. The second kappa shape index (κ2) is 6.84. The number of nitrogens with zero attached hydrogens (tertiary/aromatic N) is 1. The van der Waals surface area contributed by atoms with E-state index >= 15 is 0 Å². The van der Waals surface area contributed by atoms with Crippen molar-refractivity contribution in [3.63, 3.8) is 0 Å². The van der Waals surface area contributed by atoms with E-state index in [2.05, 4.69) is 4.98 Å². The number of aryl methyl sites for hydroxylation is 2. The van der Waals surface area contributed by atoms with Crippen molar-refractivity contribution in [2.24, 2.45) is 0 Å². The standard InChI is InChI=1S/C19H17NO3S/c1-3-16-17(19(21)22)24-18(20-16)13-6-10-15(11-7-13)23-14-8-4-12(2)5-9-14/h4-11H,3H2,1-2H3,(H,21,22). The molecule has 2 aromatic carbocycles. The first-order valence-corrected chi connectivity index (χ1v) is 8.46. The lowest BCUT2D eigenvalue weighted by Crippen LogP contribution is -1.97. The summed E-state index contributed by atoms with van der Waals surface area (Å²) in [5.74, 6) is 0.590. The SMILES string of the molecule is CCc1nc(-c2ccc(Oc3ccc(C)cc3)cc2)sc1C(=O)O. The van der Waals surface area contributed by atoms with Crippen molar-refractivity contribution < 1.29 is 14.6 Å². The van der Waals surface area contributed by atoms with Gasteiger partial charge in [0.05, 0.1) is 5.69 Å². The third kappa shape index (κ3) is 3.46. The summed E-state index contributed by atoms with van der Waals surface area (Å²) in [6.45, 7) is 3.94. The minimum Gasteiger partial charge on any atom is -0.477 e. The van der Waals surface area contributed by atoms with Gasteiger partial charge in [-0.3, -0.25) is 0 Å². The van der Waals surface area contributed by atoms with E-state index in [0.717, 1.165) is 17.1 Å². The van der Waals surface area contributed by atoms with Gasteiger partial charge in [0.2, 0.25) is 0 Å². The second-order valence-corrected chi connectivity index (χ2v) is 6.39. The smallest absolute Gasteiger partial charge is 0.347 e. The molecule has 0 unspecified atom stereocenters. The minimum absolute atomic E-state index is 0.312. The molecule has 0 aliphatic carbocycles. The maximum atomic E-state index is 11.3. The number of hydrogen-bond donors (Lipinski definition) is 1. The Labute approximate surface area is 144 Å². The summed E-state index contributed by atoms with van der Waals surface area (Å²) < 4.78 is 5.80. The van der Waals surface area contributed by atoms with Gasteiger partial charge in [-0.2, -0.15) is 0 Å². The van der Waals surface area contributed by atoms with Crippen LogP contribution in [-0.2, 0) is 6.42 Å². The van der Waals surface area contributed by atoms with Crippen LogP contribution in [0, 0.1) is 6.92 Å². The van der Waals surface area contributed by atoms with E-state index in [1.165, 1.54) is 16.9 Å². The summed E-state index contributed by atoms with van der Waals surface area (Å²) >= 11 is 1.21. The van der Waals surface area contributed by atoms with Gasteiger partial charge in [0.1, 0.15) is 21.4 Å².